The first-order chi connectivity index (χ1) is 8.24. The molecule has 5 heteroatoms. The van der Waals surface area contributed by atoms with E-state index < -0.39 is 5.82 Å². The van der Waals surface area contributed by atoms with Gasteiger partial charge in [0.1, 0.15) is 23.2 Å². The van der Waals surface area contributed by atoms with Gasteiger partial charge in [0.2, 0.25) is 6.08 Å². The summed E-state index contributed by atoms with van der Waals surface area (Å²) in [5.41, 5.74) is 0.380. The Bertz CT molecular complexity index is 488. The van der Waals surface area contributed by atoms with Crippen molar-refractivity contribution in [2.75, 3.05) is 13.2 Å². The smallest absolute Gasteiger partial charge is 0.234 e. The lowest BCUT2D eigenvalue weighted by Gasteiger charge is -2.09. The third-order valence-corrected chi connectivity index (χ3v) is 2.17. The average molecular weight is 234 g/mol. The summed E-state index contributed by atoms with van der Waals surface area (Å²) in [6, 6.07) is 4.57. The fourth-order valence-electron chi connectivity index (χ4n) is 1.46. The van der Waals surface area contributed by atoms with E-state index in [1.54, 1.807) is 6.92 Å². The van der Waals surface area contributed by atoms with Gasteiger partial charge in [-0.05, 0) is 25.5 Å². The first-order valence-electron chi connectivity index (χ1n) is 5.12. The summed E-state index contributed by atoms with van der Waals surface area (Å²) < 4.78 is 18.8. The fourth-order valence-corrected chi connectivity index (χ4v) is 1.46. The normalized spacial score (nSPS) is 9.24. The average Bonchev–Trinajstić information content (AvgIpc) is 2.33. The highest BCUT2D eigenvalue weighted by Crippen LogP contribution is 2.24. The van der Waals surface area contributed by atoms with Gasteiger partial charge in [-0.15, -0.1) is 0 Å². The van der Waals surface area contributed by atoms with Gasteiger partial charge in [0, 0.05) is 5.56 Å². The number of rotatable bonds is 5. The molecule has 0 saturated carbocycles. The molecule has 0 heterocycles. The zero-order chi connectivity index (χ0) is 12.7. The highest BCUT2D eigenvalue weighted by molar-refractivity contribution is 5.49. The largest absolute Gasteiger partial charge is 0.492 e. The molecule has 0 saturated heterocycles. The van der Waals surface area contributed by atoms with Gasteiger partial charge >= 0.3 is 0 Å². The molecule has 4 nitrogen and oxygen atoms in total. The predicted octanol–water partition coefficient (Wildman–Crippen LogP) is 1.97. The van der Waals surface area contributed by atoms with Crippen molar-refractivity contribution in [1.82, 2.24) is 0 Å². The first-order valence-corrected chi connectivity index (χ1v) is 5.12. The Morgan fingerprint density at radius 3 is 2.88 bits per heavy atom. The molecule has 1 rings (SSSR count). The summed E-state index contributed by atoms with van der Waals surface area (Å²) in [6.45, 7) is 2.28. The zero-order valence-electron chi connectivity index (χ0n) is 9.36. The maximum absolute atomic E-state index is 13.5. The van der Waals surface area contributed by atoms with E-state index in [0.29, 0.717) is 12.4 Å². The van der Waals surface area contributed by atoms with Gasteiger partial charge < -0.3 is 4.74 Å². The molecular weight excluding hydrogens is 223 g/mol. The van der Waals surface area contributed by atoms with Crippen LogP contribution in [0.5, 0.6) is 5.75 Å². The van der Waals surface area contributed by atoms with Gasteiger partial charge in [0.05, 0.1) is 13.2 Å². The number of nitriles is 1. The topological polar surface area (TPSA) is 62.4 Å². The van der Waals surface area contributed by atoms with Crippen LogP contribution in [0.4, 0.5) is 4.39 Å². The van der Waals surface area contributed by atoms with Crippen LogP contribution in [0, 0.1) is 17.1 Å². The summed E-state index contributed by atoms with van der Waals surface area (Å²) in [5.74, 6) is -0.146. The third-order valence-electron chi connectivity index (χ3n) is 2.17. The molecule has 0 spiro atoms. The number of halogens is 1. The van der Waals surface area contributed by atoms with E-state index in [2.05, 4.69) is 4.99 Å². The van der Waals surface area contributed by atoms with Gasteiger partial charge in [-0.3, -0.25) is 0 Å². The number of ether oxygens (including phenoxy) is 1. The third kappa shape index (κ3) is 3.13. The lowest BCUT2D eigenvalue weighted by molar-refractivity contribution is 0.338. The summed E-state index contributed by atoms with van der Waals surface area (Å²) >= 11 is 0. The van der Waals surface area contributed by atoms with Crippen LogP contribution in [0.15, 0.2) is 17.1 Å². The molecule has 0 radical (unpaired) electrons. The lowest BCUT2D eigenvalue weighted by atomic mass is 10.0. The first kappa shape index (κ1) is 12.9. The standard InChI is InChI=1S/C12H11FN2O2/c1-2-17-12-4-3-11(13)9(10(12)7-14)5-6-15-8-16/h3-4H,2,5-6H2,1H3. The molecule has 0 aromatic heterocycles. The molecule has 0 unspecified atom stereocenters. The van der Waals surface area contributed by atoms with E-state index in [-0.39, 0.29) is 24.1 Å². The minimum atomic E-state index is -0.494. The van der Waals surface area contributed by atoms with Gasteiger partial charge in [0.25, 0.3) is 0 Å². The van der Waals surface area contributed by atoms with Crippen LogP contribution in [0.3, 0.4) is 0 Å². The molecule has 0 bridgehead atoms. The second-order valence-electron chi connectivity index (χ2n) is 3.17. The van der Waals surface area contributed by atoms with Crippen LogP contribution in [-0.2, 0) is 11.2 Å². The molecule has 0 atom stereocenters. The van der Waals surface area contributed by atoms with Crippen molar-refractivity contribution in [3.8, 4) is 11.8 Å². The maximum atomic E-state index is 13.5. The Morgan fingerprint density at radius 1 is 1.53 bits per heavy atom. The molecule has 1 aromatic carbocycles. The van der Waals surface area contributed by atoms with Crippen LogP contribution < -0.4 is 4.74 Å². The monoisotopic (exact) mass is 234 g/mol. The van der Waals surface area contributed by atoms with Crippen LogP contribution in [0.25, 0.3) is 0 Å². The number of benzene rings is 1. The molecule has 0 aliphatic heterocycles. The number of isocyanates is 1. The molecule has 1 aromatic rings. The van der Waals surface area contributed by atoms with Crippen LogP contribution >= 0.6 is 0 Å². The highest BCUT2D eigenvalue weighted by atomic mass is 19.1. The van der Waals surface area contributed by atoms with E-state index in [4.69, 9.17) is 10.00 Å². The Balaban J connectivity index is 3.11. The molecule has 0 amide bonds. The zero-order valence-corrected chi connectivity index (χ0v) is 9.36. The molecule has 88 valence electrons. The molecule has 17 heavy (non-hydrogen) atoms. The SMILES string of the molecule is CCOc1ccc(F)c(CCN=C=O)c1C#N. The van der Waals surface area contributed by atoms with Crippen LogP contribution in [0.1, 0.15) is 18.1 Å². The molecular formula is C12H11FN2O2. The van der Waals surface area contributed by atoms with E-state index >= 15 is 0 Å². The van der Waals surface area contributed by atoms with Crippen molar-refractivity contribution in [2.45, 2.75) is 13.3 Å². The molecule has 0 aliphatic carbocycles. The van der Waals surface area contributed by atoms with Gasteiger partial charge in [-0.25, -0.2) is 14.2 Å². The van der Waals surface area contributed by atoms with Crippen molar-refractivity contribution in [2.24, 2.45) is 4.99 Å². The summed E-state index contributed by atoms with van der Waals surface area (Å²) in [6.07, 6.45) is 1.54. The number of carbonyl (C=O) groups excluding carboxylic acids is 1. The maximum Gasteiger partial charge on any atom is 0.234 e. The van der Waals surface area contributed by atoms with Gasteiger partial charge in [-0.1, -0.05) is 0 Å². The summed E-state index contributed by atoms with van der Waals surface area (Å²) in [5, 5.41) is 9.00. The molecule has 0 N–H and O–H groups in total. The fraction of sp³-hybridized carbons (Fsp3) is 0.333. The van der Waals surface area contributed by atoms with E-state index in [0.717, 1.165) is 0 Å². The second kappa shape index (κ2) is 6.41. The molecule has 0 fully saturated rings. The molecule has 0 aliphatic rings. The Hall–Kier alpha value is -2.18. The van der Waals surface area contributed by atoms with Crippen molar-refractivity contribution < 1.29 is 13.9 Å². The minimum absolute atomic E-state index is 0.102. The number of nitrogens with zero attached hydrogens (tertiary/aromatic N) is 2. The number of hydrogen-bond acceptors (Lipinski definition) is 4. The Kier molecular flexibility index (Phi) is 4.86. The quantitative estimate of drug-likeness (QED) is 0.578. The van der Waals surface area contributed by atoms with E-state index in [1.807, 2.05) is 6.07 Å². The van der Waals surface area contributed by atoms with E-state index in [1.165, 1.54) is 18.2 Å². The summed E-state index contributed by atoms with van der Waals surface area (Å²) in [4.78, 5) is 13.3. The lowest BCUT2D eigenvalue weighted by Crippen LogP contribution is -2.02. The Morgan fingerprint density at radius 2 is 2.29 bits per heavy atom. The Labute approximate surface area is 98.3 Å². The van der Waals surface area contributed by atoms with Crippen molar-refractivity contribution in [3.63, 3.8) is 0 Å². The number of hydrogen-bond donors (Lipinski definition) is 0. The van der Waals surface area contributed by atoms with Crippen molar-refractivity contribution in [3.05, 3.63) is 29.1 Å². The van der Waals surface area contributed by atoms with Crippen LogP contribution in [0.2, 0.25) is 0 Å². The van der Waals surface area contributed by atoms with Gasteiger partial charge in [-0.2, -0.15) is 5.26 Å². The van der Waals surface area contributed by atoms with Gasteiger partial charge in [0.15, 0.2) is 0 Å². The predicted molar refractivity (Wildman–Crippen MR) is 59.0 cm³/mol. The van der Waals surface area contributed by atoms with Crippen molar-refractivity contribution >= 4 is 6.08 Å². The second-order valence-corrected chi connectivity index (χ2v) is 3.17. The number of aliphatic imine (C=N–C) groups is 1. The highest BCUT2D eigenvalue weighted by Gasteiger charge is 2.13. The minimum Gasteiger partial charge on any atom is -0.492 e. The summed E-state index contributed by atoms with van der Waals surface area (Å²) in [7, 11) is 0. The van der Waals surface area contributed by atoms with Crippen LogP contribution in [-0.4, -0.2) is 19.2 Å². The van der Waals surface area contributed by atoms with E-state index in [9.17, 15) is 9.18 Å². The van der Waals surface area contributed by atoms with Crippen molar-refractivity contribution in [1.29, 1.82) is 5.26 Å².